The van der Waals surface area contributed by atoms with Crippen LogP contribution in [0.4, 0.5) is 10.1 Å². The topological polar surface area (TPSA) is 29.1 Å². The van der Waals surface area contributed by atoms with Gasteiger partial charge >= 0.3 is 0 Å². The molecule has 0 aromatic heterocycles. The Hall–Kier alpha value is -1.16. The molecule has 0 heterocycles. The number of nitrogens with one attached hydrogen (secondary N) is 1. The molecule has 0 aliphatic rings. The number of anilines is 1. The van der Waals surface area contributed by atoms with Crippen molar-refractivity contribution >= 4 is 27.5 Å². The van der Waals surface area contributed by atoms with Gasteiger partial charge in [0, 0.05) is 4.47 Å². The summed E-state index contributed by atoms with van der Waals surface area (Å²) in [7, 11) is 0. The van der Waals surface area contributed by atoms with Crippen LogP contribution in [-0.2, 0) is 4.79 Å². The van der Waals surface area contributed by atoms with Gasteiger partial charge in [0.25, 0.3) is 0 Å². The molecule has 0 atom stereocenters. The van der Waals surface area contributed by atoms with Gasteiger partial charge in [0.15, 0.2) is 0 Å². The van der Waals surface area contributed by atoms with E-state index in [4.69, 9.17) is 0 Å². The van der Waals surface area contributed by atoms with Gasteiger partial charge in [-0.3, -0.25) is 4.79 Å². The summed E-state index contributed by atoms with van der Waals surface area (Å²) in [5.74, 6) is -0.800. The lowest BCUT2D eigenvalue weighted by atomic mass is 10.3. The Kier molecular flexibility index (Phi) is 3.83. The number of amides is 1. The van der Waals surface area contributed by atoms with E-state index in [-0.39, 0.29) is 11.6 Å². The fourth-order valence-electron chi connectivity index (χ4n) is 0.917. The fraction of sp³-hybridized carbons (Fsp3) is 0.100. The Labute approximate surface area is 89.9 Å². The first-order chi connectivity index (χ1) is 6.63. The average molecular weight is 258 g/mol. The molecular weight excluding hydrogens is 249 g/mol. The molecule has 2 nitrogen and oxygen atoms in total. The zero-order valence-corrected chi connectivity index (χ0v) is 9.14. The molecule has 0 spiro atoms. The molecule has 0 saturated carbocycles. The average Bonchev–Trinajstić information content (AvgIpc) is 2.10. The van der Waals surface area contributed by atoms with Gasteiger partial charge in [0.05, 0.1) is 5.69 Å². The minimum Gasteiger partial charge on any atom is -0.320 e. The van der Waals surface area contributed by atoms with Gasteiger partial charge in [0.1, 0.15) is 5.82 Å². The van der Waals surface area contributed by atoms with Crippen LogP contribution >= 0.6 is 15.9 Å². The highest BCUT2D eigenvalue weighted by atomic mass is 79.9. The van der Waals surface area contributed by atoms with Gasteiger partial charge in [-0.05, 0) is 31.2 Å². The van der Waals surface area contributed by atoms with E-state index in [0.717, 1.165) is 0 Å². The summed E-state index contributed by atoms with van der Waals surface area (Å²) < 4.78 is 13.8. The third kappa shape index (κ3) is 2.96. The first-order valence-corrected chi connectivity index (χ1v) is 4.81. The Morgan fingerprint density at radius 2 is 2.29 bits per heavy atom. The summed E-state index contributed by atoms with van der Waals surface area (Å²) in [6.07, 6.45) is 2.92. The molecule has 0 bridgehead atoms. The van der Waals surface area contributed by atoms with E-state index >= 15 is 0 Å². The summed E-state index contributed by atoms with van der Waals surface area (Å²) in [6.45, 7) is 1.72. The second kappa shape index (κ2) is 4.91. The summed E-state index contributed by atoms with van der Waals surface area (Å²) in [5.41, 5.74) is 0.177. The lowest BCUT2D eigenvalue weighted by molar-refractivity contribution is -0.111. The Balaban J connectivity index is 2.82. The molecule has 0 radical (unpaired) electrons. The molecular formula is C10H9BrFNO. The lowest BCUT2D eigenvalue weighted by Gasteiger charge is -2.03. The third-order valence-corrected chi connectivity index (χ3v) is 2.00. The number of halogens is 2. The van der Waals surface area contributed by atoms with E-state index in [1.807, 2.05) is 0 Å². The van der Waals surface area contributed by atoms with Crippen LogP contribution in [0.3, 0.4) is 0 Å². The summed E-state index contributed by atoms with van der Waals surface area (Å²) >= 11 is 3.13. The minimum absolute atomic E-state index is 0.177. The highest BCUT2D eigenvalue weighted by Crippen LogP contribution is 2.19. The number of benzene rings is 1. The molecule has 1 aromatic carbocycles. The van der Waals surface area contributed by atoms with Crippen molar-refractivity contribution in [2.75, 3.05) is 5.32 Å². The molecule has 1 N–H and O–H groups in total. The summed E-state index contributed by atoms with van der Waals surface area (Å²) in [6, 6.07) is 4.46. The van der Waals surface area contributed by atoms with Gasteiger partial charge in [-0.25, -0.2) is 4.39 Å². The number of carbonyl (C=O) groups is 1. The van der Waals surface area contributed by atoms with E-state index in [2.05, 4.69) is 21.2 Å². The van der Waals surface area contributed by atoms with Gasteiger partial charge in [-0.2, -0.15) is 0 Å². The second-order valence-electron chi connectivity index (χ2n) is 2.61. The molecule has 0 aliphatic carbocycles. The molecule has 0 saturated heterocycles. The first kappa shape index (κ1) is 10.9. The zero-order valence-electron chi connectivity index (χ0n) is 7.55. The normalized spacial score (nSPS) is 10.5. The van der Waals surface area contributed by atoms with Crippen LogP contribution in [0, 0.1) is 5.82 Å². The van der Waals surface area contributed by atoms with Gasteiger partial charge in [-0.1, -0.05) is 22.0 Å². The predicted molar refractivity (Wildman–Crippen MR) is 57.5 cm³/mol. The molecule has 0 unspecified atom stereocenters. The SMILES string of the molecule is CC=CC(=O)Nc1ccc(Br)cc1F. The molecule has 1 aromatic rings. The predicted octanol–water partition coefficient (Wildman–Crippen LogP) is 3.10. The lowest BCUT2D eigenvalue weighted by Crippen LogP contribution is -2.08. The van der Waals surface area contributed by atoms with E-state index in [9.17, 15) is 9.18 Å². The summed E-state index contributed by atoms with van der Waals surface area (Å²) in [5, 5.41) is 2.42. The Bertz CT molecular complexity index is 376. The molecule has 0 aliphatic heterocycles. The van der Waals surface area contributed by atoms with E-state index < -0.39 is 5.82 Å². The van der Waals surface area contributed by atoms with Crippen molar-refractivity contribution in [2.24, 2.45) is 0 Å². The third-order valence-electron chi connectivity index (χ3n) is 1.51. The second-order valence-corrected chi connectivity index (χ2v) is 3.53. The quantitative estimate of drug-likeness (QED) is 0.811. The maximum Gasteiger partial charge on any atom is 0.248 e. The minimum atomic E-state index is -0.461. The zero-order chi connectivity index (χ0) is 10.6. The van der Waals surface area contributed by atoms with Crippen molar-refractivity contribution in [2.45, 2.75) is 6.92 Å². The first-order valence-electron chi connectivity index (χ1n) is 4.02. The van der Waals surface area contributed by atoms with Crippen molar-refractivity contribution in [1.29, 1.82) is 0 Å². The van der Waals surface area contributed by atoms with Crippen LogP contribution in [0.2, 0.25) is 0 Å². The van der Waals surface area contributed by atoms with Crippen molar-refractivity contribution < 1.29 is 9.18 Å². The molecule has 14 heavy (non-hydrogen) atoms. The molecule has 0 fully saturated rings. The van der Waals surface area contributed by atoms with E-state index in [1.165, 1.54) is 18.2 Å². The highest BCUT2D eigenvalue weighted by molar-refractivity contribution is 9.10. The molecule has 4 heteroatoms. The number of allylic oxidation sites excluding steroid dienone is 1. The van der Waals surface area contributed by atoms with Crippen molar-refractivity contribution in [3.63, 3.8) is 0 Å². The Morgan fingerprint density at radius 1 is 1.57 bits per heavy atom. The largest absolute Gasteiger partial charge is 0.320 e. The summed E-state index contributed by atoms with van der Waals surface area (Å²) in [4.78, 5) is 11.1. The van der Waals surface area contributed by atoms with Crippen LogP contribution in [0.5, 0.6) is 0 Å². The number of rotatable bonds is 2. The Morgan fingerprint density at radius 3 is 2.86 bits per heavy atom. The van der Waals surface area contributed by atoms with Crippen LogP contribution in [0.1, 0.15) is 6.92 Å². The highest BCUT2D eigenvalue weighted by Gasteiger charge is 2.04. The van der Waals surface area contributed by atoms with Crippen molar-refractivity contribution in [1.82, 2.24) is 0 Å². The van der Waals surface area contributed by atoms with Crippen LogP contribution < -0.4 is 5.32 Å². The van der Waals surface area contributed by atoms with E-state index in [0.29, 0.717) is 4.47 Å². The monoisotopic (exact) mass is 257 g/mol. The van der Waals surface area contributed by atoms with Crippen LogP contribution in [0.15, 0.2) is 34.8 Å². The molecule has 1 amide bonds. The molecule has 74 valence electrons. The molecule has 1 rings (SSSR count). The maximum absolute atomic E-state index is 13.2. The van der Waals surface area contributed by atoms with Gasteiger partial charge in [-0.15, -0.1) is 0 Å². The fourth-order valence-corrected chi connectivity index (χ4v) is 1.25. The van der Waals surface area contributed by atoms with E-state index in [1.54, 1.807) is 19.1 Å². The van der Waals surface area contributed by atoms with Gasteiger partial charge in [0.2, 0.25) is 5.91 Å². The number of carbonyl (C=O) groups excluding carboxylic acids is 1. The smallest absolute Gasteiger partial charge is 0.248 e. The maximum atomic E-state index is 13.2. The number of hydrogen-bond acceptors (Lipinski definition) is 1. The van der Waals surface area contributed by atoms with Crippen LogP contribution in [-0.4, -0.2) is 5.91 Å². The van der Waals surface area contributed by atoms with Gasteiger partial charge < -0.3 is 5.32 Å². The number of hydrogen-bond donors (Lipinski definition) is 1. The standard InChI is InChI=1S/C10H9BrFNO/c1-2-3-10(14)13-9-5-4-7(11)6-8(9)12/h2-6H,1H3,(H,13,14). The van der Waals surface area contributed by atoms with Crippen molar-refractivity contribution in [3.8, 4) is 0 Å². The van der Waals surface area contributed by atoms with Crippen LogP contribution in [0.25, 0.3) is 0 Å². The van der Waals surface area contributed by atoms with Crippen molar-refractivity contribution in [3.05, 3.63) is 40.6 Å².